The number of benzene rings is 1. The number of halogens is 1. The van der Waals surface area contributed by atoms with Gasteiger partial charge in [0, 0.05) is 24.3 Å². The predicted molar refractivity (Wildman–Crippen MR) is 123 cm³/mol. The minimum atomic E-state index is 0.434. The number of pyridine rings is 2. The van der Waals surface area contributed by atoms with E-state index in [1.54, 1.807) is 17.1 Å². The first-order valence-corrected chi connectivity index (χ1v) is 10.9. The molecule has 7 nitrogen and oxygen atoms in total. The summed E-state index contributed by atoms with van der Waals surface area (Å²) in [6, 6.07) is 14.2. The Morgan fingerprint density at radius 2 is 1.87 bits per heavy atom. The van der Waals surface area contributed by atoms with Crippen LogP contribution in [0.15, 0.2) is 65.5 Å². The molecule has 0 saturated carbocycles. The monoisotopic (exact) mass is 471 g/mol. The topological polar surface area (TPSA) is 87.4 Å². The number of nitrogen functional groups attached to an aromatic ring is 1. The molecule has 5 aromatic rings. The van der Waals surface area contributed by atoms with Crippen molar-refractivity contribution in [3.8, 4) is 22.9 Å². The van der Waals surface area contributed by atoms with Gasteiger partial charge < -0.3 is 5.73 Å². The van der Waals surface area contributed by atoms with Crippen LogP contribution in [0.4, 0.5) is 5.82 Å². The highest BCUT2D eigenvalue weighted by atomic mass is 79.9. The summed E-state index contributed by atoms with van der Waals surface area (Å²) in [6.07, 6.45) is 8.71. The second-order valence-corrected chi connectivity index (χ2v) is 8.45. The lowest BCUT2D eigenvalue weighted by atomic mass is 10.1. The molecule has 0 saturated heterocycles. The van der Waals surface area contributed by atoms with E-state index in [4.69, 9.17) is 15.7 Å². The van der Waals surface area contributed by atoms with Crippen molar-refractivity contribution in [2.24, 2.45) is 0 Å². The molecule has 6 rings (SSSR count). The smallest absolute Gasteiger partial charge is 0.168 e. The summed E-state index contributed by atoms with van der Waals surface area (Å²) >= 11 is 3.69. The Bertz CT molecular complexity index is 1440. The van der Waals surface area contributed by atoms with Gasteiger partial charge in [-0.25, -0.2) is 19.6 Å². The number of hydrogen-bond acceptors (Lipinski definition) is 5. The van der Waals surface area contributed by atoms with E-state index in [1.165, 1.54) is 17.5 Å². The van der Waals surface area contributed by atoms with Gasteiger partial charge in [0.2, 0.25) is 0 Å². The fourth-order valence-electron chi connectivity index (χ4n) is 4.25. The van der Waals surface area contributed by atoms with Crippen LogP contribution in [0.25, 0.3) is 34.1 Å². The zero-order chi connectivity index (χ0) is 20.9. The number of imidazole rings is 1. The molecule has 0 bridgehead atoms. The molecule has 31 heavy (non-hydrogen) atoms. The van der Waals surface area contributed by atoms with Crippen LogP contribution >= 0.6 is 15.9 Å². The van der Waals surface area contributed by atoms with Crippen LogP contribution in [-0.2, 0) is 12.8 Å². The molecule has 0 fully saturated rings. The molecule has 4 heterocycles. The highest BCUT2D eigenvalue weighted by molar-refractivity contribution is 9.10. The third-order valence-electron chi connectivity index (χ3n) is 5.71. The molecule has 0 atom stereocenters. The van der Waals surface area contributed by atoms with Gasteiger partial charge in [-0.3, -0.25) is 4.57 Å². The normalized spacial score (nSPS) is 13.1. The average Bonchev–Trinajstić information content (AvgIpc) is 3.52. The second kappa shape index (κ2) is 7.02. The highest BCUT2D eigenvalue weighted by Gasteiger charge is 2.22. The minimum Gasteiger partial charge on any atom is -0.383 e. The molecule has 0 radical (unpaired) electrons. The molecule has 2 N–H and O–H groups in total. The lowest BCUT2D eigenvalue weighted by molar-refractivity contribution is 0.848. The Balaban J connectivity index is 1.68. The summed E-state index contributed by atoms with van der Waals surface area (Å²) in [4.78, 5) is 14.2. The minimum absolute atomic E-state index is 0.434. The zero-order valence-electron chi connectivity index (χ0n) is 16.5. The standard InChI is InChI=1S/C23H18BrN7/c24-18-13-19(30-11-3-10-27-30)28-23-20(18)29-22(17-6-2-9-26-21(17)25)31(23)16-8-7-14-4-1-5-15(14)12-16/h2-3,6-13H,1,4-5H2,(H2,25,26). The van der Waals surface area contributed by atoms with Gasteiger partial charge in [0.15, 0.2) is 17.3 Å². The van der Waals surface area contributed by atoms with Crippen molar-refractivity contribution in [3.05, 3.63) is 76.7 Å². The van der Waals surface area contributed by atoms with Crippen molar-refractivity contribution in [2.75, 3.05) is 5.73 Å². The van der Waals surface area contributed by atoms with Crippen LogP contribution in [0.3, 0.4) is 0 Å². The summed E-state index contributed by atoms with van der Waals surface area (Å²) in [5.74, 6) is 1.85. The third kappa shape index (κ3) is 2.94. The van der Waals surface area contributed by atoms with Crippen LogP contribution in [0, 0.1) is 0 Å². The fourth-order valence-corrected chi connectivity index (χ4v) is 4.72. The first-order chi connectivity index (χ1) is 15.2. The average molecular weight is 472 g/mol. The molecule has 4 aromatic heterocycles. The predicted octanol–water partition coefficient (Wildman–Crippen LogP) is 4.50. The van der Waals surface area contributed by atoms with Crippen molar-refractivity contribution < 1.29 is 0 Å². The number of nitrogens with zero attached hydrogens (tertiary/aromatic N) is 6. The lowest BCUT2D eigenvalue weighted by Crippen LogP contribution is -2.04. The molecule has 0 unspecified atom stereocenters. The van der Waals surface area contributed by atoms with Crippen molar-refractivity contribution >= 4 is 32.9 Å². The van der Waals surface area contributed by atoms with Crippen molar-refractivity contribution in [1.29, 1.82) is 0 Å². The molecule has 0 amide bonds. The Labute approximate surface area is 186 Å². The van der Waals surface area contributed by atoms with Gasteiger partial charge in [0.25, 0.3) is 0 Å². The van der Waals surface area contributed by atoms with Gasteiger partial charge in [-0.15, -0.1) is 0 Å². The molecule has 0 spiro atoms. The molecule has 152 valence electrons. The van der Waals surface area contributed by atoms with Crippen molar-refractivity contribution in [1.82, 2.24) is 29.3 Å². The Kier molecular flexibility index (Phi) is 4.14. The Hall–Kier alpha value is -3.52. The Morgan fingerprint density at radius 1 is 0.968 bits per heavy atom. The SMILES string of the molecule is Nc1ncccc1-c1nc2c(Br)cc(-n3cccn3)nc2n1-c1ccc2c(c1)CCC2. The van der Waals surface area contributed by atoms with E-state index >= 15 is 0 Å². The quantitative estimate of drug-likeness (QED) is 0.418. The Morgan fingerprint density at radius 3 is 2.71 bits per heavy atom. The van der Waals surface area contributed by atoms with E-state index in [-0.39, 0.29) is 0 Å². The maximum Gasteiger partial charge on any atom is 0.168 e. The van der Waals surface area contributed by atoms with Gasteiger partial charge in [-0.1, -0.05) is 6.07 Å². The molecular weight excluding hydrogens is 454 g/mol. The number of fused-ring (bicyclic) bond motifs is 2. The molecule has 0 aliphatic heterocycles. The number of nitrogens with two attached hydrogens (primary N) is 1. The number of hydrogen-bond donors (Lipinski definition) is 1. The zero-order valence-corrected chi connectivity index (χ0v) is 18.1. The fraction of sp³-hybridized carbons (Fsp3) is 0.130. The maximum absolute atomic E-state index is 6.25. The summed E-state index contributed by atoms with van der Waals surface area (Å²) in [5.41, 5.74) is 12.3. The number of aromatic nitrogens is 6. The maximum atomic E-state index is 6.25. The number of anilines is 1. The van der Waals surface area contributed by atoms with E-state index in [0.29, 0.717) is 17.5 Å². The molecule has 1 aromatic carbocycles. The highest BCUT2D eigenvalue weighted by Crippen LogP contribution is 2.35. The van der Waals surface area contributed by atoms with Crippen LogP contribution in [0.1, 0.15) is 17.5 Å². The van der Waals surface area contributed by atoms with E-state index in [2.05, 4.69) is 48.8 Å². The first kappa shape index (κ1) is 18.3. The molecule has 8 heteroatoms. The van der Waals surface area contributed by atoms with Crippen molar-refractivity contribution in [2.45, 2.75) is 19.3 Å². The van der Waals surface area contributed by atoms with E-state index in [1.807, 2.05) is 30.5 Å². The lowest BCUT2D eigenvalue weighted by Gasteiger charge is -2.12. The van der Waals surface area contributed by atoms with Crippen LogP contribution in [0.2, 0.25) is 0 Å². The summed E-state index contributed by atoms with van der Waals surface area (Å²) in [7, 11) is 0. The molecule has 1 aliphatic rings. The number of rotatable bonds is 3. The van der Waals surface area contributed by atoms with Crippen molar-refractivity contribution in [3.63, 3.8) is 0 Å². The molecular formula is C23H18BrN7. The summed E-state index contributed by atoms with van der Waals surface area (Å²) in [5, 5.41) is 4.34. The van der Waals surface area contributed by atoms with Gasteiger partial charge in [-0.2, -0.15) is 5.10 Å². The van der Waals surface area contributed by atoms with Crippen LogP contribution in [0.5, 0.6) is 0 Å². The number of aryl methyl sites for hydroxylation is 2. The second-order valence-electron chi connectivity index (χ2n) is 7.60. The van der Waals surface area contributed by atoms with E-state index < -0.39 is 0 Å². The van der Waals surface area contributed by atoms with Crippen LogP contribution < -0.4 is 5.73 Å². The van der Waals surface area contributed by atoms with Gasteiger partial charge in [0.05, 0.1) is 10.0 Å². The first-order valence-electron chi connectivity index (χ1n) is 10.1. The van der Waals surface area contributed by atoms with Gasteiger partial charge in [-0.05, 0) is 82.7 Å². The van der Waals surface area contributed by atoms with E-state index in [0.717, 1.165) is 39.7 Å². The van der Waals surface area contributed by atoms with E-state index in [9.17, 15) is 0 Å². The largest absolute Gasteiger partial charge is 0.383 e. The van der Waals surface area contributed by atoms with Crippen LogP contribution in [-0.4, -0.2) is 29.3 Å². The van der Waals surface area contributed by atoms with Gasteiger partial charge >= 0.3 is 0 Å². The summed E-state index contributed by atoms with van der Waals surface area (Å²) < 4.78 is 4.65. The third-order valence-corrected chi connectivity index (χ3v) is 6.32. The van der Waals surface area contributed by atoms with Gasteiger partial charge in [0.1, 0.15) is 11.3 Å². The molecule has 1 aliphatic carbocycles. The summed E-state index contributed by atoms with van der Waals surface area (Å²) in [6.45, 7) is 0.